The van der Waals surface area contributed by atoms with Crippen molar-refractivity contribution in [3.63, 3.8) is 0 Å². The molecule has 0 aliphatic rings. The van der Waals surface area contributed by atoms with E-state index in [4.69, 9.17) is 4.42 Å². The summed E-state index contributed by atoms with van der Waals surface area (Å²) in [4.78, 5) is 11.0. The minimum Gasteiger partial charge on any atom is -0.450 e. The molecule has 0 bridgehead atoms. The Morgan fingerprint density at radius 2 is 2.06 bits per heavy atom. The molecule has 0 aliphatic carbocycles. The monoisotopic (exact) mass is 248 g/mol. The summed E-state index contributed by atoms with van der Waals surface area (Å²) >= 11 is 4.55. The largest absolute Gasteiger partial charge is 0.450 e. The van der Waals surface area contributed by atoms with Crippen LogP contribution in [-0.2, 0) is 0 Å². The molecular formula is C10H4ClF3O2. The van der Waals surface area contributed by atoms with E-state index in [2.05, 4.69) is 11.6 Å². The van der Waals surface area contributed by atoms with Crippen LogP contribution in [0, 0.1) is 5.82 Å². The minimum atomic E-state index is -4.05. The third kappa shape index (κ3) is 1.78. The van der Waals surface area contributed by atoms with Crippen molar-refractivity contribution in [3.05, 3.63) is 35.8 Å². The Morgan fingerprint density at radius 3 is 2.62 bits per heavy atom. The highest BCUT2D eigenvalue weighted by Gasteiger charge is 2.39. The van der Waals surface area contributed by atoms with E-state index >= 15 is 0 Å². The summed E-state index contributed by atoms with van der Waals surface area (Å²) in [5, 5.41) is -3.83. The quantitative estimate of drug-likeness (QED) is 0.601. The molecule has 2 rings (SSSR count). The predicted molar refractivity (Wildman–Crippen MR) is 51.3 cm³/mol. The topological polar surface area (TPSA) is 30.2 Å². The van der Waals surface area contributed by atoms with Crippen molar-refractivity contribution in [2.45, 2.75) is 5.38 Å². The highest BCUT2D eigenvalue weighted by atomic mass is 35.5. The van der Waals surface area contributed by atoms with Crippen molar-refractivity contribution in [1.82, 2.24) is 0 Å². The maximum Gasteiger partial charge on any atom is 0.388 e. The lowest BCUT2D eigenvalue weighted by atomic mass is 10.2. The van der Waals surface area contributed by atoms with Crippen LogP contribution in [0.25, 0.3) is 11.0 Å². The van der Waals surface area contributed by atoms with E-state index < -0.39 is 22.7 Å². The van der Waals surface area contributed by atoms with Gasteiger partial charge in [0, 0.05) is 5.39 Å². The maximum atomic E-state index is 13.1. The van der Waals surface area contributed by atoms with Crippen LogP contribution in [0.5, 0.6) is 0 Å². The van der Waals surface area contributed by atoms with Gasteiger partial charge in [-0.1, -0.05) is 12.1 Å². The summed E-state index contributed by atoms with van der Waals surface area (Å²) in [6.07, 6.45) is 0. The van der Waals surface area contributed by atoms with E-state index in [1.165, 1.54) is 12.1 Å². The van der Waals surface area contributed by atoms with Gasteiger partial charge in [0.05, 0.1) is 0 Å². The summed E-state index contributed by atoms with van der Waals surface area (Å²) < 4.78 is 42.8. The molecule has 2 nitrogen and oxygen atoms in total. The van der Waals surface area contributed by atoms with Crippen molar-refractivity contribution in [2.24, 2.45) is 0 Å². The fourth-order valence-electron chi connectivity index (χ4n) is 1.28. The number of para-hydroxylation sites is 1. The number of fused-ring (bicyclic) bond motifs is 1. The van der Waals surface area contributed by atoms with Crippen molar-refractivity contribution < 1.29 is 22.4 Å². The lowest BCUT2D eigenvalue weighted by Crippen LogP contribution is -2.20. The van der Waals surface area contributed by atoms with Crippen LogP contribution in [0.15, 0.2) is 28.7 Å². The minimum absolute atomic E-state index is 0.226. The van der Waals surface area contributed by atoms with E-state index in [1.54, 1.807) is 0 Å². The molecular weight excluding hydrogens is 245 g/mol. The van der Waals surface area contributed by atoms with Crippen LogP contribution in [0.4, 0.5) is 13.2 Å². The SMILES string of the molecule is O=C(c1cc2cccc(F)c2o1)C(F)(F)Cl. The number of furan rings is 1. The number of Topliss-reactive ketones (excluding diaryl/α,β-unsaturated/α-hetero) is 1. The molecule has 84 valence electrons. The first-order valence-electron chi connectivity index (χ1n) is 4.19. The number of carbonyl (C=O) groups is 1. The average molecular weight is 249 g/mol. The van der Waals surface area contributed by atoms with Crippen LogP contribution in [0.3, 0.4) is 0 Å². The molecule has 0 radical (unpaired) electrons. The van der Waals surface area contributed by atoms with Crippen LogP contribution in [-0.4, -0.2) is 11.2 Å². The molecule has 0 unspecified atom stereocenters. The standard InChI is InChI=1S/C10H4ClF3O2/c11-10(13,14)9(15)7-4-5-2-1-3-6(12)8(5)16-7/h1-4H. The van der Waals surface area contributed by atoms with Gasteiger partial charge in [0.15, 0.2) is 17.2 Å². The molecule has 0 saturated carbocycles. The van der Waals surface area contributed by atoms with Crippen LogP contribution in [0.2, 0.25) is 0 Å². The highest BCUT2D eigenvalue weighted by molar-refractivity contribution is 6.35. The lowest BCUT2D eigenvalue weighted by Gasteiger charge is -2.01. The molecule has 1 aromatic heterocycles. The van der Waals surface area contributed by atoms with E-state index in [0.29, 0.717) is 0 Å². The Morgan fingerprint density at radius 1 is 1.38 bits per heavy atom. The van der Waals surface area contributed by atoms with E-state index in [9.17, 15) is 18.0 Å². The second-order valence-electron chi connectivity index (χ2n) is 3.10. The van der Waals surface area contributed by atoms with Crippen molar-refractivity contribution in [1.29, 1.82) is 0 Å². The first-order chi connectivity index (χ1) is 7.39. The van der Waals surface area contributed by atoms with Crippen molar-refractivity contribution in [3.8, 4) is 0 Å². The molecule has 0 aliphatic heterocycles. The molecule has 1 heterocycles. The molecule has 0 saturated heterocycles. The zero-order valence-electron chi connectivity index (χ0n) is 7.64. The second-order valence-corrected chi connectivity index (χ2v) is 3.57. The summed E-state index contributed by atoms with van der Waals surface area (Å²) in [7, 11) is 0. The number of hydrogen-bond donors (Lipinski definition) is 0. The van der Waals surface area contributed by atoms with Crippen molar-refractivity contribution in [2.75, 3.05) is 0 Å². The molecule has 0 amide bonds. The Labute approximate surface area is 92.6 Å². The van der Waals surface area contributed by atoms with Crippen molar-refractivity contribution >= 4 is 28.4 Å². The van der Waals surface area contributed by atoms with Gasteiger partial charge < -0.3 is 4.42 Å². The number of rotatable bonds is 2. The number of carbonyl (C=O) groups excluding carboxylic acids is 1. The average Bonchev–Trinajstić information content (AvgIpc) is 2.60. The van der Waals surface area contributed by atoms with Gasteiger partial charge in [-0.3, -0.25) is 4.79 Å². The first kappa shape index (κ1) is 11.0. The number of halogens is 4. The third-order valence-electron chi connectivity index (χ3n) is 1.98. The second kappa shape index (κ2) is 3.52. The van der Waals surface area contributed by atoms with Gasteiger partial charge in [-0.2, -0.15) is 8.78 Å². The number of hydrogen-bond acceptors (Lipinski definition) is 2. The Hall–Kier alpha value is -1.49. The van der Waals surface area contributed by atoms with Gasteiger partial charge in [0.1, 0.15) is 0 Å². The third-order valence-corrected chi connectivity index (χ3v) is 2.15. The maximum absolute atomic E-state index is 13.1. The molecule has 0 spiro atoms. The van der Waals surface area contributed by atoms with Gasteiger partial charge in [-0.25, -0.2) is 4.39 Å². The number of benzene rings is 1. The molecule has 16 heavy (non-hydrogen) atoms. The highest BCUT2D eigenvalue weighted by Crippen LogP contribution is 2.29. The zero-order valence-corrected chi connectivity index (χ0v) is 8.39. The van der Waals surface area contributed by atoms with E-state index in [1.807, 2.05) is 0 Å². The predicted octanol–water partition coefficient (Wildman–Crippen LogP) is 3.59. The Kier molecular flexibility index (Phi) is 2.42. The molecule has 0 N–H and O–H groups in total. The smallest absolute Gasteiger partial charge is 0.388 e. The molecule has 0 fully saturated rings. The normalized spacial score (nSPS) is 12.0. The van der Waals surface area contributed by atoms with Gasteiger partial charge >= 0.3 is 5.38 Å². The summed E-state index contributed by atoms with van der Waals surface area (Å²) in [5.74, 6) is -3.08. The zero-order chi connectivity index (χ0) is 11.9. The fourth-order valence-corrected chi connectivity index (χ4v) is 1.37. The van der Waals surface area contributed by atoms with Gasteiger partial charge in [0.25, 0.3) is 5.78 Å². The number of ketones is 1. The lowest BCUT2D eigenvalue weighted by molar-refractivity contribution is 0.0508. The summed E-state index contributed by atoms with van der Waals surface area (Å²) in [6.45, 7) is 0. The summed E-state index contributed by atoms with van der Waals surface area (Å²) in [5.41, 5.74) is -0.244. The molecule has 2 aromatic rings. The van der Waals surface area contributed by atoms with Crippen LogP contribution in [0.1, 0.15) is 10.6 Å². The summed E-state index contributed by atoms with van der Waals surface area (Å²) in [6, 6.07) is 4.93. The van der Waals surface area contributed by atoms with Crippen LogP contribution < -0.4 is 0 Å². The molecule has 6 heteroatoms. The Bertz CT molecular complexity index is 557. The first-order valence-corrected chi connectivity index (χ1v) is 4.57. The van der Waals surface area contributed by atoms with Gasteiger partial charge in [0.2, 0.25) is 0 Å². The molecule has 1 aromatic carbocycles. The molecule has 0 atom stereocenters. The van der Waals surface area contributed by atoms with E-state index in [-0.39, 0.29) is 11.0 Å². The van der Waals surface area contributed by atoms with Gasteiger partial charge in [-0.15, -0.1) is 0 Å². The van der Waals surface area contributed by atoms with Crippen LogP contribution >= 0.6 is 11.6 Å². The Balaban J connectivity index is 2.56. The van der Waals surface area contributed by atoms with Gasteiger partial charge in [-0.05, 0) is 23.7 Å². The van der Waals surface area contributed by atoms with E-state index in [0.717, 1.165) is 12.1 Å². The fraction of sp³-hybridized carbons (Fsp3) is 0.100. The number of alkyl halides is 3.